The van der Waals surface area contributed by atoms with Crippen LogP contribution >= 0.6 is 0 Å². The predicted octanol–water partition coefficient (Wildman–Crippen LogP) is 1.49. The van der Waals surface area contributed by atoms with Gasteiger partial charge in [0.05, 0.1) is 19.5 Å². The highest BCUT2D eigenvalue weighted by molar-refractivity contribution is 5.80. The summed E-state index contributed by atoms with van der Waals surface area (Å²) in [6, 6.07) is 4.28. The van der Waals surface area contributed by atoms with Crippen LogP contribution in [0.3, 0.4) is 0 Å². The molecular formula is C17H30N4O2. The molecule has 0 radical (unpaired) electrons. The van der Waals surface area contributed by atoms with Crippen molar-refractivity contribution in [3.05, 3.63) is 24.2 Å². The molecule has 0 aromatic carbocycles. The Labute approximate surface area is 139 Å². The van der Waals surface area contributed by atoms with Gasteiger partial charge in [-0.25, -0.2) is 0 Å². The van der Waals surface area contributed by atoms with Crippen LogP contribution in [-0.4, -0.2) is 62.8 Å². The summed E-state index contributed by atoms with van der Waals surface area (Å²) in [6.07, 6.45) is 3.64. The van der Waals surface area contributed by atoms with E-state index in [0.717, 1.165) is 70.5 Å². The standard InChI is InChI=1S/C17H30N4O2/c1-15(2)20-17(19-8-6-16-5-3-12-23-16)18-7-4-9-21-10-13-22-14-11-21/h3,5,12,15H,4,6-11,13-14H2,1-2H3,(H2,18,19,20). The minimum absolute atomic E-state index is 0.365. The number of hydrogen-bond donors (Lipinski definition) is 2. The summed E-state index contributed by atoms with van der Waals surface area (Å²) in [5, 5.41) is 6.75. The highest BCUT2D eigenvalue weighted by atomic mass is 16.5. The number of morpholine rings is 1. The number of hydrogen-bond acceptors (Lipinski definition) is 4. The molecule has 2 N–H and O–H groups in total. The van der Waals surface area contributed by atoms with E-state index < -0.39 is 0 Å². The molecule has 0 atom stereocenters. The molecule has 1 fully saturated rings. The van der Waals surface area contributed by atoms with Crippen molar-refractivity contribution in [3.63, 3.8) is 0 Å². The van der Waals surface area contributed by atoms with Gasteiger partial charge in [-0.05, 0) is 32.4 Å². The third kappa shape index (κ3) is 7.52. The second-order valence-electron chi connectivity index (χ2n) is 6.09. The molecule has 2 rings (SSSR count). The van der Waals surface area contributed by atoms with E-state index in [1.54, 1.807) is 6.26 Å². The van der Waals surface area contributed by atoms with Crippen molar-refractivity contribution >= 4 is 5.96 Å². The molecule has 0 saturated carbocycles. The summed E-state index contributed by atoms with van der Waals surface area (Å²) in [5.41, 5.74) is 0. The van der Waals surface area contributed by atoms with Crippen LogP contribution in [0.15, 0.2) is 27.8 Å². The van der Waals surface area contributed by atoms with Gasteiger partial charge in [0, 0.05) is 45.2 Å². The van der Waals surface area contributed by atoms with E-state index in [4.69, 9.17) is 9.15 Å². The molecule has 1 aliphatic rings. The normalized spacial score (nSPS) is 16.7. The number of aliphatic imine (C=N–C) groups is 1. The molecule has 0 amide bonds. The predicted molar refractivity (Wildman–Crippen MR) is 92.9 cm³/mol. The lowest BCUT2D eigenvalue weighted by molar-refractivity contribution is 0.0377. The van der Waals surface area contributed by atoms with Crippen molar-refractivity contribution in [1.82, 2.24) is 15.5 Å². The largest absolute Gasteiger partial charge is 0.469 e. The molecule has 130 valence electrons. The second kappa shape index (κ2) is 10.3. The summed E-state index contributed by atoms with van der Waals surface area (Å²) in [4.78, 5) is 7.12. The Morgan fingerprint density at radius 3 is 2.87 bits per heavy atom. The van der Waals surface area contributed by atoms with E-state index >= 15 is 0 Å². The lowest BCUT2D eigenvalue weighted by Crippen LogP contribution is -2.42. The van der Waals surface area contributed by atoms with E-state index in [2.05, 4.69) is 34.4 Å². The van der Waals surface area contributed by atoms with Crippen molar-refractivity contribution < 1.29 is 9.15 Å². The van der Waals surface area contributed by atoms with Gasteiger partial charge < -0.3 is 19.8 Å². The van der Waals surface area contributed by atoms with Crippen molar-refractivity contribution in [2.45, 2.75) is 32.7 Å². The quantitative estimate of drug-likeness (QED) is 0.431. The van der Waals surface area contributed by atoms with Crippen LogP contribution in [0.25, 0.3) is 0 Å². The van der Waals surface area contributed by atoms with Crippen LogP contribution in [0.1, 0.15) is 26.0 Å². The van der Waals surface area contributed by atoms with Crippen molar-refractivity contribution in [2.75, 3.05) is 45.9 Å². The minimum Gasteiger partial charge on any atom is -0.469 e. The van der Waals surface area contributed by atoms with Crippen LogP contribution in [0.4, 0.5) is 0 Å². The Balaban J connectivity index is 1.67. The molecule has 6 nitrogen and oxygen atoms in total. The molecule has 23 heavy (non-hydrogen) atoms. The van der Waals surface area contributed by atoms with E-state index in [1.807, 2.05) is 12.1 Å². The smallest absolute Gasteiger partial charge is 0.191 e. The number of nitrogens with one attached hydrogen (secondary N) is 2. The molecule has 6 heteroatoms. The number of ether oxygens (including phenoxy) is 1. The Bertz CT molecular complexity index is 439. The summed E-state index contributed by atoms with van der Waals surface area (Å²) in [7, 11) is 0. The van der Waals surface area contributed by atoms with Gasteiger partial charge in [0.25, 0.3) is 0 Å². The van der Waals surface area contributed by atoms with Gasteiger partial charge >= 0.3 is 0 Å². The summed E-state index contributed by atoms with van der Waals surface area (Å²) < 4.78 is 10.7. The fourth-order valence-electron chi connectivity index (χ4n) is 2.49. The molecule has 0 aliphatic carbocycles. The number of guanidine groups is 1. The molecule has 0 bridgehead atoms. The maximum atomic E-state index is 5.37. The van der Waals surface area contributed by atoms with Gasteiger partial charge in [-0.15, -0.1) is 0 Å². The maximum Gasteiger partial charge on any atom is 0.191 e. The minimum atomic E-state index is 0.365. The van der Waals surface area contributed by atoms with E-state index in [0.29, 0.717) is 6.04 Å². The molecule has 2 heterocycles. The molecule has 0 spiro atoms. The third-order valence-corrected chi connectivity index (χ3v) is 3.68. The van der Waals surface area contributed by atoms with Crippen LogP contribution < -0.4 is 10.6 Å². The number of nitrogens with zero attached hydrogens (tertiary/aromatic N) is 2. The summed E-state index contributed by atoms with van der Waals surface area (Å²) in [5.74, 6) is 1.88. The lowest BCUT2D eigenvalue weighted by atomic mass is 10.3. The van der Waals surface area contributed by atoms with E-state index in [9.17, 15) is 0 Å². The van der Waals surface area contributed by atoms with Crippen molar-refractivity contribution in [1.29, 1.82) is 0 Å². The van der Waals surface area contributed by atoms with E-state index in [-0.39, 0.29) is 0 Å². The molecule has 0 unspecified atom stereocenters. The monoisotopic (exact) mass is 322 g/mol. The summed E-state index contributed by atoms with van der Waals surface area (Å²) in [6.45, 7) is 10.8. The zero-order valence-electron chi connectivity index (χ0n) is 14.4. The van der Waals surface area contributed by atoms with Gasteiger partial charge in [-0.2, -0.15) is 0 Å². The maximum absolute atomic E-state index is 5.37. The van der Waals surface area contributed by atoms with Gasteiger partial charge in [-0.1, -0.05) is 0 Å². The Kier molecular flexibility index (Phi) is 7.97. The third-order valence-electron chi connectivity index (χ3n) is 3.68. The fourth-order valence-corrected chi connectivity index (χ4v) is 2.49. The van der Waals surface area contributed by atoms with Crippen LogP contribution in [0, 0.1) is 0 Å². The highest BCUT2D eigenvalue weighted by Gasteiger charge is 2.09. The average molecular weight is 322 g/mol. The average Bonchev–Trinajstić information content (AvgIpc) is 3.05. The van der Waals surface area contributed by atoms with Gasteiger partial charge in [0.15, 0.2) is 5.96 Å². The second-order valence-corrected chi connectivity index (χ2v) is 6.09. The van der Waals surface area contributed by atoms with Crippen molar-refractivity contribution in [3.8, 4) is 0 Å². The van der Waals surface area contributed by atoms with E-state index in [1.165, 1.54) is 0 Å². The SMILES string of the molecule is CC(C)NC(=NCCCN1CCOCC1)NCCc1ccco1. The molecule has 1 aromatic rings. The van der Waals surface area contributed by atoms with Crippen molar-refractivity contribution in [2.24, 2.45) is 4.99 Å². The van der Waals surface area contributed by atoms with Crippen LogP contribution in [-0.2, 0) is 11.2 Å². The first-order chi connectivity index (χ1) is 11.2. The molecule has 1 aliphatic heterocycles. The first-order valence-corrected chi connectivity index (χ1v) is 8.61. The first-order valence-electron chi connectivity index (χ1n) is 8.61. The topological polar surface area (TPSA) is 62.0 Å². The molecular weight excluding hydrogens is 292 g/mol. The van der Waals surface area contributed by atoms with Crippen LogP contribution in [0.2, 0.25) is 0 Å². The number of furan rings is 1. The lowest BCUT2D eigenvalue weighted by Gasteiger charge is -2.26. The Morgan fingerprint density at radius 2 is 2.17 bits per heavy atom. The van der Waals surface area contributed by atoms with Crippen LogP contribution in [0.5, 0.6) is 0 Å². The zero-order chi connectivity index (χ0) is 16.3. The van der Waals surface area contributed by atoms with Gasteiger partial charge in [0.2, 0.25) is 0 Å². The Hall–Kier alpha value is -1.53. The van der Waals surface area contributed by atoms with Gasteiger partial charge in [-0.3, -0.25) is 9.89 Å². The Morgan fingerprint density at radius 1 is 1.35 bits per heavy atom. The van der Waals surface area contributed by atoms with Gasteiger partial charge in [0.1, 0.15) is 5.76 Å². The number of rotatable bonds is 8. The first kappa shape index (κ1) is 17.8. The molecule has 1 aromatic heterocycles. The summed E-state index contributed by atoms with van der Waals surface area (Å²) >= 11 is 0. The molecule has 1 saturated heterocycles. The zero-order valence-corrected chi connectivity index (χ0v) is 14.4. The highest BCUT2D eigenvalue weighted by Crippen LogP contribution is 2.00. The fraction of sp³-hybridized carbons (Fsp3) is 0.706.